The molecule has 0 aromatic heterocycles. The van der Waals surface area contributed by atoms with Crippen molar-refractivity contribution in [1.82, 2.24) is 0 Å². The van der Waals surface area contributed by atoms with E-state index < -0.39 is 11.9 Å². The number of hydrogen-bond donors (Lipinski definition) is 1. The first-order valence-corrected chi connectivity index (χ1v) is 11.8. The Morgan fingerprint density at radius 2 is 1.86 bits per heavy atom. The first-order valence-electron chi connectivity index (χ1n) is 11.4. The van der Waals surface area contributed by atoms with Gasteiger partial charge in [0.2, 0.25) is 5.88 Å². The van der Waals surface area contributed by atoms with Crippen LogP contribution in [0.5, 0.6) is 17.2 Å². The summed E-state index contributed by atoms with van der Waals surface area (Å²) in [4.78, 5) is 12.6. The molecule has 0 spiro atoms. The van der Waals surface area contributed by atoms with E-state index in [2.05, 4.69) is 13.0 Å². The molecule has 1 heterocycles. The Balaban J connectivity index is 1.67. The largest absolute Gasteiger partial charge is 0.493 e. The zero-order valence-corrected chi connectivity index (χ0v) is 20.0. The number of carbonyl (C=O) groups excluding carboxylic acids is 1. The SMILES string of the molecule is CCCCCOc1ccccc1C1C(C#N)=C(N)Oc2cc(OC(=O)c3ccccc3Cl)ccc21. The molecule has 3 aromatic rings. The summed E-state index contributed by atoms with van der Waals surface area (Å²) in [7, 11) is 0. The Kier molecular flexibility index (Phi) is 7.59. The molecule has 1 atom stereocenters. The third-order valence-electron chi connectivity index (χ3n) is 5.73. The molecule has 6 nitrogen and oxygen atoms in total. The Morgan fingerprint density at radius 3 is 2.63 bits per heavy atom. The second-order valence-corrected chi connectivity index (χ2v) is 8.49. The number of unbranched alkanes of at least 4 members (excludes halogenated alkanes) is 2. The number of nitrogens with zero attached hydrogens (tertiary/aromatic N) is 1. The molecule has 1 aliphatic rings. The van der Waals surface area contributed by atoms with E-state index in [1.807, 2.05) is 24.3 Å². The zero-order valence-electron chi connectivity index (χ0n) is 19.3. The van der Waals surface area contributed by atoms with E-state index in [-0.39, 0.29) is 17.2 Å². The molecule has 0 saturated heterocycles. The minimum atomic E-state index is -0.588. The van der Waals surface area contributed by atoms with E-state index in [4.69, 9.17) is 31.5 Å². The predicted octanol–water partition coefficient (Wildman–Crippen LogP) is 6.35. The Bertz CT molecular complexity index is 1310. The highest BCUT2D eigenvalue weighted by Crippen LogP contribution is 2.46. The van der Waals surface area contributed by atoms with Gasteiger partial charge in [-0.2, -0.15) is 5.26 Å². The normalized spacial score (nSPS) is 14.5. The maximum absolute atomic E-state index is 12.6. The van der Waals surface area contributed by atoms with Gasteiger partial charge >= 0.3 is 5.97 Å². The van der Waals surface area contributed by atoms with E-state index in [0.717, 1.165) is 30.4 Å². The number of benzene rings is 3. The van der Waals surface area contributed by atoms with Crippen LogP contribution in [0, 0.1) is 11.3 Å². The third-order valence-corrected chi connectivity index (χ3v) is 6.06. The number of allylic oxidation sites excluding steroid dienone is 1. The topological polar surface area (TPSA) is 94.6 Å². The molecule has 0 radical (unpaired) electrons. The van der Waals surface area contributed by atoms with E-state index >= 15 is 0 Å². The average Bonchev–Trinajstić information content (AvgIpc) is 2.86. The number of ether oxygens (including phenoxy) is 3. The maximum Gasteiger partial charge on any atom is 0.345 e. The highest BCUT2D eigenvalue weighted by molar-refractivity contribution is 6.33. The van der Waals surface area contributed by atoms with Gasteiger partial charge in [0.1, 0.15) is 28.9 Å². The summed E-state index contributed by atoms with van der Waals surface area (Å²) >= 11 is 6.12. The minimum absolute atomic E-state index is 0.000339. The summed E-state index contributed by atoms with van der Waals surface area (Å²) in [6.07, 6.45) is 3.12. The van der Waals surface area contributed by atoms with Crippen molar-refractivity contribution < 1.29 is 19.0 Å². The third kappa shape index (κ3) is 5.26. The fourth-order valence-electron chi connectivity index (χ4n) is 3.99. The lowest BCUT2D eigenvalue weighted by atomic mass is 9.83. The summed E-state index contributed by atoms with van der Waals surface area (Å²) in [5.41, 5.74) is 8.24. The quantitative estimate of drug-likeness (QED) is 0.225. The molecule has 0 fully saturated rings. The fourth-order valence-corrected chi connectivity index (χ4v) is 4.21. The van der Waals surface area contributed by atoms with Crippen molar-refractivity contribution in [3.05, 3.63) is 99.9 Å². The fraction of sp³-hybridized carbons (Fsp3) is 0.214. The average molecular weight is 489 g/mol. The standard InChI is InChI=1S/C28H25ClN2O4/c1-2-3-8-15-33-24-12-7-5-10-20(24)26-21-14-13-18(16-25(21)35-27(31)22(26)17-30)34-28(32)19-9-4-6-11-23(19)29/h4-7,9-14,16,26H,2-3,8,15,31H2,1H3. The molecule has 4 rings (SSSR count). The van der Waals surface area contributed by atoms with Gasteiger partial charge in [0, 0.05) is 17.2 Å². The molecule has 1 aliphatic heterocycles. The van der Waals surface area contributed by atoms with Crippen molar-refractivity contribution in [3.63, 3.8) is 0 Å². The number of fused-ring (bicyclic) bond motifs is 1. The zero-order chi connectivity index (χ0) is 24.8. The second-order valence-electron chi connectivity index (χ2n) is 8.09. The van der Waals surface area contributed by atoms with Gasteiger partial charge in [0.15, 0.2) is 0 Å². The monoisotopic (exact) mass is 488 g/mol. The smallest absolute Gasteiger partial charge is 0.345 e. The van der Waals surface area contributed by atoms with Gasteiger partial charge in [0.25, 0.3) is 0 Å². The van der Waals surface area contributed by atoms with Crippen LogP contribution in [-0.4, -0.2) is 12.6 Å². The molecule has 35 heavy (non-hydrogen) atoms. The molecule has 0 amide bonds. The van der Waals surface area contributed by atoms with Crippen LogP contribution in [0.15, 0.2) is 78.2 Å². The van der Waals surface area contributed by atoms with Crippen LogP contribution in [0.25, 0.3) is 0 Å². The molecular formula is C28H25ClN2O4. The highest BCUT2D eigenvalue weighted by atomic mass is 35.5. The van der Waals surface area contributed by atoms with Crippen molar-refractivity contribution in [2.24, 2.45) is 5.73 Å². The lowest BCUT2D eigenvalue weighted by Gasteiger charge is -2.28. The number of halogens is 1. The number of hydrogen-bond acceptors (Lipinski definition) is 6. The van der Waals surface area contributed by atoms with Crippen LogP contribution >= 0.6 is 11.6 Å². The summed E-state index contributed by atoms with van der Waals surface area (Å²) in [6, 6.07) is 21.5. The first-order chi connectivity index (χ1) is 17.0. The van der Waals surface area contributed by atoms with Gasteiger partial charge in [-0.15, -0.1) is 0 Å². The van der Waals surface area contributed by atoms with Crippen molar-refractivity contribution in [3.8, 4) is 23.3 Å². The highest BCUT2D eigenvalue weighted by Gasteiger charge is 2.33. The molecule has 1 unspecified atom stereocenters. The molecular weight excluding hydrogens is 464 g/mol. The summed E-state index contributed by atoms with van der Waals surface area (Å²) in [5, 5.41) is 10.2. The molecule has 3 aromatic carbocycles. The van der Waals surface area contributed by atoms with Crippen LogP contribution < -0.4 is 19.9 Å². The van der Waals surface area contributed by atoms with Gasteiger partial charge in [-0.05, 0) is 30.7 Å². The van der Waals surface area contributed by atoms with Gasteiger partial charge < -0.3 is 19.9 Å². The molecule has 0 saturated carbocycles. The minimum Gasteiger partial charge on any atom is -0.493 e. The first kappa shape index (κ1) is 24.2. The molecule has 0 aliphatic carbocycles. The number of para-hydroxylation sites is 1. The second kappa shape index (κ2) is 11.0. The summed E-state index contributed by atoms with van der Waals surface area (Å²) < 4.78 is 17.4. The Hall–Kier alpha value is -3.95. The number of nitrogens with two attached hydrogens (primary N) is 1. The van der Waals surface area contributed by atoms with Crippen molar-refractivity contribution >= 4 is 17.6 Å². The lowest BCUT2D eigenvalue weighted by Crippen LogP contribution is -2.21. The van der Waals surface area contributed by atoms with E-state index in [9.17, 15) is 10.1 Å². The van der Waals surface area contributed by atoms with Crippen LogP contribution in [0.2, 0.25) is 5.02 Å². The van der Waals surface area contributed by atoms with E-state index in [1.165, 1.54) is 0 Å². The molecule has 2 N–H and O–H groups in total. The summed E-state index contributed by atoms with van der Waals surface area (Å²) in [6.45, 7) is 2.72. The van der Waals surface area contributed by atoms with Gasteiger partial charge in [-0.1, -0.05) is 67.8 Å². The Morgan fingerprint density at radius 1 is 1.09 bits per heavy atom. The maximum atomic E-state index is 12.6. The molecule has 0 bridgehead atoms. The van der Waals surface area contributed by atoms with Crippen LogP contribution in [0.1, 0.15) is 53.6 Å². The summed E-state index contributed by atoms with van der Waals surface area (Å²) in [5.74, 6) is 0.285. The van der Waals surface area contributed by atoms with Crippen LogP contribution in [0.4, 0.5) is 0 Å². The van der Waals surface area contributed by atoms with Crippen LogP contribution in [-0.2, 0) is 0 Å². The molecule has 178 valence electrons. The van der Waals surface area contributed by atoms with Crippen molar-refractivity contribution in [2.45, 2.75) is 32.1 Å². The number of carbonyl (C=O) groups is 1. The Labute approximate surface area is 209 Å². The van der Waals surface area contributed by atoms with Crippen molar-refractivity contribution in [2.75, 3.05) is 6.61 Å². The molecule has 7 heteroatoms. The van der Waals surface area contributed by atoms with E-state index in [1.54, 1.807) is 42.5 Å². The van der Waals surface area contributed by atoms with Gasteiger partial charge in [-0.25, -0.2) is 4.79 Å². The van der Waals surface area contributed by atoms with Gasteiger partial charge in [0.05, 0.1) is 23.1 Å². The van der Waals surface area contributed by atoms with E-state index in [0.29, 0.717) is 28.7 Å². The number of rotatable bonds is 8. The number of esters is 1. The number of nitriles is 1. The van der Waals surface area contributed by atoms with Gasteiger partial charge in [-0.3, -0.25) is 0 Å². The van der Waals surface area contributed by atoms with Crippen molar-refractivity contribution in [1.29, 1.82) is 5.26 Å². The van der Waals surface area contributed by atoms with Crippen LogP contribution in [0.3, 0.4) is 0 Å². The predicted molar refractivity (Wildman–Crippen MR) is 134 cm³/mol. The lowest BCUT2D eigenvalue weighted by molar-refractivity contribution is 0.0734.